The maximum absolute atomic E-state index is 14.8. The van der Waals surface area contributed by atoms with E-state index in [4.69, 9.17) is 0 Å². The van der Waals surface area contributed by atoms with Crippen LogP contribution >= 0.6 is 0 Å². The summed E-state index contributed by atoms with van der Waals surface area (Å²) in [6.07, 6.45) is 7.44. The highest BCUT2D eigenvalue weighted by molar-refractivity contribution is 5.81. The van der Waals surface area contributed by atoms with E-state index in [2.05, 4.69) is 17.2 Å². The molecule has 1 fully saturated rings. The van der Waals surface area contributed by atoms with Crippen molar-refractivity contribution in [2.45, 2.75) is 12.8 Å². The van der Waals surface area contributed by atoms with Crippen LogP contribution < -0.4 is 0 Å². The molecule has 3 nitrogen and oxygen atoms in total. The molecule has 1 aromatic heterocycles. The van der Waals surface area contributed by atoms with E-state index in [9.17, 15) is 9.18 Å². The van der Waals surface area contributed by atoms with Crippen molar-refractivity contribution in [3.8, 4) is 16.8 Å². The number of allylic oxidation sites excluding steroid dienone is 4. The highest BCUT2D eigenvalue weighted by Crippen LogP contribution is 2.49. The molecule has 2 atom stereocenters. The lowest BCUT2D eigenvalue weighted by atomic mass is 9.99. The summed E-state index contributed by atoms with van der Waals surface area (Å²) < 4.78 is 16.5. The van der Waals surface area contributed by atoms with Gasteiger partial charge in [0.2, 0.25) is 0 Å². The third-order valence-electron chi connectivity index (χ3n) is 5.51. The number of aromatic nitrogens is 2. The molecule has 0 aliphatic heterocycles. The van der Waals surface area contributed by atoms with Crippen molar-refractivity contribution in [1.29, 1.82) is 0 Å². The molecule has 1 saturated carbocycles. The van der Waals surface area contributed by atoms with Gasteiger partial charge in [-0.2, -0.15) is 5.10 Å². The summed E-state index contributed by atoms with van der Waals surface area (Å²) in [4.78, 5) is 11.1. The molecule has 2 aliphatic rings. The standard InChI is InChI=1S/C24H19FN2O/c25-23-14-20-12-19(20)13-22(23)24-18(10-11-28)15-26-27(24)21-8-6-17(7-9-21)16-4-2-1-3-5-16/h1-9,11,13-15,19-20H,10,12H2. The van der Waals surface area contributed by atoms with Crippen molar-refractivity contribution in [3.05, 3.63) is 90.0 Å². The Kier molecular flexibility index (Phi) is 4.05. The van der Waals surface area contributed by atoms with Crippen LogP contribution in [0.25, 0.3) is 22.4 Å². The van der Waals surface area contributed by atoms with Crippen LogP contribution in [0.4, 0.5) is 4.39 Å². The Labute approximate surface area is 162 Å². The van der Waals surface area contributed by atoms with E-state index >= 15 is 0 Å². The van der Waals surface area contributed by atoms with E-state index in [1.165, 1.54) is 0 Å². The largest absolute Gasteiger partial charge is 0.303 e. The minimum atomic E-state index is -0.214. The first kappa shape index (κ1) is 16.9. The van der Waals surface area contributed by atoms with E-state index in [0.717, 1.165) is 35.1 Å². The number of rotatable bonds is 5. The molecular formula is C24H19FN2O. The number of halogens is 1. The molecule has 4 heteroatoms. The molecule has 28 heavy (non-hydrogen) atoms. The van der Waals surface area contributed by atoms with E-state index in [0.29, 0.717) is 23.1 Å². The second kappa shape index (κ2) is 6.71. The van der Waals surface area contributed by atoms with Crippen LogP contribution in [0.1, 0.15) is 17.7 Å². The summed E-state index contributed by atoms with van der Waals surface area (Å²) in [7, 11) is 0. The Balaban J connectivity index is 1.57. The molecule has 5 rings (SSSR count). The maximum Gasteiger partial charge on any atom is 0.128 e. The summed E-state index contributed by atoms with van der Waals surface area (Å²) >= 11 is 0. The van der Waals surface area contributed by atoms with Gasteiger partial charge in [0.05, 0.1) is 17.6 Å². The average Bonchev–Trinajstić information content (AvgIpc) is 3.37. The van der Waals surface area contributed by atoms with Gasteiger partial charge >= 0.3 is 0 Å². The van der Waals surface area contributed by atoms with Gasteiger partial charge < -0.3 is 4.79 Å². The summed E-state index contributed by atoms with van der Waals surface area (Å²) in [5.41, 5.74) is 5.07. The zero-order valence-electron chi connectivity index (χ0n) is 15.3. The van der Waals surface area contributed by atoms with Gasteiger partial charge in [-0.1, -0.05) is 48.5 Å². The van der Waals surface area contributed by atoms with Gasteiger partial charge in [-0.25, -0.2) is 9.07 Å². The number of hydrogen-bond acceptors (Lipinski definition) is 2. The number of carbonyl (C=O) groups excluding carboxylic acids is 1. The lowest BCUT2D eigenvalue weighted by molar-refractivity contribution is -0.107. The number of hydrogen-bond donors (Lipinski definition) is 0. The van der Waals surface area contributed by atoms with Gasteiger partial charge in [0, 0.05) is 17.6 Å². The van der Waals surface area contributed by atoms with Crippen LogP contribution in [-0.4, -0.2) is 16.1 Å². The monoisotopic (exact) mass is 370 g/mol. The fourth-order valence-corrected chi connectivity index (χ4v) is 3.91. The zero-order chi connectivity index (χ0) is 19.1. The molecule has 2 aliphatic carbocycles. The number of nitrogens with zero attached hydrogens (tertiary/aromatic N) is 2. The third kappa shape index (κ3) is 2.91. The van der Waals surface area contributed by atoms with Gasteiger partial charge in [-0.3, -0.25) is 0 Å². The topological polar surface area (TPSA) is 34.9 Å². The molecular weight excluding hydrogens is 351 g/mol. The number of aldehydes is 1. The molecule has 2 aromatic carbocycles. The number of fused-ring (bicyclic) bond motifs is 1. The van der Waals surface area contributed by atoms with Crippen molar-refractivity contribution < 1.29 is 9.18 Å². The summed E-state index contributed by atoms with van der Waals surface area (Å²) in [6, 6.07) is 18.2. The first-order chi connectivity index (χ1) is 13.7. The Morgan fingerprint density at radius 2 is 1.71 bits per heavy atom. The van der Waals surface area contributed by atoms with Crippen LogP contribution in [0.3, 0.4) is 0 Å². The maximum atomic E-state index is 14.8. The Hall–Kier alpha value is -3.27. The van der Waals surface area contributed by atoms with E-state index in [-0.39, 0.29) is 12.2 Å². The third-order valence-corrected chi connectivity index (χ3v) is 5.51. The minimum absolute atomic E-state index is 0.214. The molecule has 138 valence electrons. The van der Waals surface area contributed by atoms with Gasteiger partial charge in [0.1, 0.15) is 12.1 Å². The first-order valence-electron chi connectivity index (χ1n) is 9.51. The molecule has 0 spiro atoms. The van der Waals surface area contributed by atoms with Crippen molar-refractivity contribution >= 4 is 11.9 Å². The summed E-state index contributed by atoms with van der Waals surface area (Å²) in [5.74, 6) is 0.524. The van der Waals surface area contributed by atoms with Crippen LogP contribution in [0, 0.1) is 11.8 Å². The molecule has 0 saturated heterocycles. The molecule has 1 heterocycles. The minimum Gasteiger partial charge on any atom is -0.303 e. The lowest BCUT2D eigenvalue weighted by Crippen LogP contribution is -2.06. The van der Waals surface area contributed by atoms with E-state index in [1.807, 2.05) is 48.5 Å². The first-order valence-corrected chi connectivity index (χ1v) is 9.51. The molecule has 0 N–H and O–H groups in total. The average molecular weight is 370 g/mol. The normalized spacial score (nSPS) is 20.2. The SMILES string of the molecule is O=CCc1cnn(-c2ccc(-c3ccccc3)cc2)c1C1=CC2CC2C=C1F. The quantitative estimate of drug-likeness (QED) is 0.581. The molecule has 2 unspecified atom stereocenters. The smallest absolute Gasteiger partial charge is 0.128 e. The van der Waals surface area contributed by atoms with Gasteiger partial charge in [-0.15, -0.1) is 0 Å². The Morgan fingerprint density at radius 3 is 2.46 bits per heavy atom. The van der Waals surface area contributed by atoms with Crippen molar-refractivity contribution in [1.82, 2.24) is 9.78 Å². The Bertz CT molecular complexity index is 1090. The van der Waals surface area contributed by atoms with E-state index in [1.54, 1.807) is 17.0 Å². The van der Waals surface area contributed by atoms with Crippen LogP contribution in [0.15, 0.2) is 78.8 Å². The molecule has 0 amide bonds. The number of benzene rings is 2. The fourth-order valence-electron chi connectivity index (χ4n) is 3.91. The van der Waals surface area contributed by atoms with Crippen LogP contribution in [-0.2, 0) is 11.2 Å². The lowest BCUT2D eigenvalue weighted by Gasteiger charge is -2.14. The van der Waals surface area contributed by atoms with Crippen LogP contribution in [0.2, 0.25) is 0 Å². The van der Waals surface area contributed by atoms with Crippen molar-refractivity contribution in [2.24, 2.45) is 11.8 Å². The van der Waals surface area contributed by atoms with Crippen LogP contribution in [0.5, 0.6) is 0 Å². The fraction of sp³-hybridized carbons (Fsp3) is 0.167. The Morgan fingerprint density at radius 1 is 1.00 bits per heavy atom. The van der Waals surface area contributed by atoms with Gasteiger partial charge in [-0.05, 0) is 47.6 Å². The highest BCUT2D eigenvalue weighted by atomic mass is 19.1. The predicted molar refractivity (Wildman–Crippen MR) is 108 cm³/mol. The summed E-state index contributed by atoms with van der Waals surface area (Å²) in [6.45, 7) is 0. The molecule has 0 radical (unpaired) electrons. The molecule has 0 bridgehead atoms. The van der Waals surface area contributed by atoms with Crippen molar-refractivity contribution in [2.75, 3.05) is 0 Å². The van der Waals surface area contributed by atoms with Gasteiger partial charge in [0.25, 0.3) is 0 Å². The second-order valence-electron chi connectivity index (χ2n) is 7.37. The predicted octanol–water partition coefficient (Wildman–Crippen LogP) is 5.17. The number of carbonyl (C=O) groups is 1. The van der Waals surface area contributed by atoms with E-state index < -0.39 is 0 Å². The molecule has 3 aromatic rings. The highest BCUT2D eigenvalue weighted by Gasteiger charge is 2.39. The van der Waals surface area contributed by atoms with Crippen molar-refractivity contribution in [3.63, 3.8) is 0 Å². The summed E-state index contributed by atoms with van der Waals surface area (Å²) in [5, 5.41) is 4.48. The second-order valence-corrected chi connectivity index (χ2v) is 7.37. The zero-order valence-corrected chi connectivity index (χ0v) is 15.3. The van der Waals surface area contributed by atoms with Gasteiger partial charge in [0.15, 0.2) is 0 Å².